The van der Waals surface area contributed by atoms with E-state index in [0.29, 0.717) is 37.0 Å². The second kappa shape index (κ2) is 15.5. The lowest BCUT2D eigenvalue weighted by molar-refractivity contribution is -0.115. The van der Waals surface area contributed by atoms with Crippen LogP contribution in [0.5, 0.6) is 11.5 Å². The van der Waals surface area contributed by atoms with Crippen molar-refractivity contribution in [3.05, 3.63) is 70.8 Å². The van der Waals surface area contributed by atoms with Gasteiger partial charge in [-0.05, 0) is 75.6 Å². The minimum absolute atomic E-state index is 0.0758. The Bertz CT molecular complexity index is 1230. The van der Waals surface area contributed by atoms with Gasteiger partial charge in [-0.15, -0.1) is 0 Å². The van der Waals surface area contributed by atoms with Gasteiger partial charge in [0.25, 0.3) is 0 Å². The van der Waals surface area contributed by atoms with E-state index in [4.69, 9.17) is 25.8 Å². The highest BCUT2D eigenvalue weighted by Gasteiger charge is 2.34. The Morgan fingerprint density at radius 1 is 1.07 bits per heavy atom. The topological polar surface area (TPSA) is 68.3 Å². The first-order chi connectivity index (χ1) is 19.4. The summed E-state index contributed by atoms with van der Waals surface area (Å²) in [4.78, 5) is 30.0. The van der Waals surface area contributed by atoms with E-state index in [2.05, 4.69) is 11.5 Å². The molecule has 1 aliphatic rings. The molecule has 41 heavy (non-hydrogen) atoms. The minimum atomic E-state index is -0.636. The van der Waals surface area contributed by atoms with Crippen LogP contribution >= 0.6 is 11.6 Å². The van der Waals surface area contributed by atoms with E-state index in [0.717, 1.165) is 28.1 Å². The van der Waals surface area contributed by atoms with Gasteiger partial charge in [-0.1, -0.05) is 50.2 Å². The summed E-state index contributed by atoms with van der Waals surface area (Å²) < 4.78 is 16.8. The lowest BCUT2D eigenvalue weighted by Gasteiger charge is -2.42. The van der Waals surface area contributed by atoms with Crippen molar-refractivity contribution in [3.8, 4) is 11.5 Å². The third-order valence-electron chi connectivity index (χ3n) is 6.63. The number of benzene rings is 2. The molecular weight excluding hydrogens is 540 g/mol. The maximum atomic E-state index is 13.2. The Hall–Kier alpha value is -3.45. The molecule has 0 saturated carbocycles. The molecule has 224 valence electrons. The van der Waals surface area contributed by atoms with E-state index in [-0.39, 0.29) is 18.2 Å². The highest BCUT2D eigenvalue weighted by atomic mass is 35.5. The van der Waals surface area contributed by atoms with Gasteiger partial charge in [0.1, 0.15) is 23.7 Å². The maximum Gasteiger partial charge on any atom is 0.410 e. The zero-order chi connectivity index (χ0) is 30.7. The summed E-state index contributed by atoms with van der Waals surface area (Å²) in [6, 6.07) is 9.05. The fourth-order valence-corrected chi connectivity index (χ4v) is 4.65. The summed E-state index contributed by atoms with van der Waals surface area (Å²) in [5, 5.41) is 0.524. The second-order valence-electron chi connectivity index (χ2n) is 10.6. The molecule has 1 unspecified atom stereocenters. The van der Waals surface area contributed by atoms with Gasteiger partial charge in [0.05, 0.1) is 18.2 Å². The van der Waals surface area contributed by atoms with Crippen molar-refractivity contribution in [1.82, 2.24) is 4.90 Å². The number of anilines is 1. The number of rotatable bonds is 9. The Labute approximate surface area is 250 Å². The van der Waals surface area contributed by atoms with Crippen molar-refractivity contribution in [2.45, 2.75) is 66.5 Å². The summed E-state index contributed by atoms with van der Waals surface area (Å²) in [5.74, 6) is 1.30. The number of ether oxygens (including phenoxy) is 3. The van der Waals surface area contributed by atoms with Gasteiger partial charge in [-0.25, -0.2) is 4.79 Å². The molecule has 0 aromatic heterocycles. The van der Waals surface area contributed by atoms with Crippen molar-refractivity contribution in [2.75, 3.05) is 38.3 Å². The molecule has 8 heteroatoms. The minimum Gasteiger partial charge on any atom is -0.495 e. The first kappa shape index (κ1) is 33.8. The second-order valence-corrected chi connectivity index (χ2v) is 11.0. The first-order valence-electron chi connectivity index (χ1n) is 14.1. The van der Waals surface area contributed by atoms with Gasteiger partial charge in [0, 0.05) is 37.8 Å². The molecule has 0 aliphatic carbocycles. The molecule has 1 aliphatic heterocycles. The molecule has 0 bridgehead atoms. The van der Waals surface area contributed by atoms with Gasteiger partial charge < -0.3 is 24.0 Å². The normalized spacial score (nSPS) is 15.2. The number of methoxy groups -OCH3 is 1. The number of hydrogen-bond acceptors (Lipinski definition) is 6. The zero-order valence-corrected chi connectivity index (χ0v) is 26.5. The number of piperazine rings is 1. The summed E-state index contributed by atoms with van der Waals surface area (Å²) in [6.45, 7) is 19.1. The molecule has 2 aromatic carbocycles. The number of allylic oxidation sites excluding steroid dienone is 1. The smallest absolute Gasteiger partial charge is 0.410 e. The lowest BCUT2D eigenvalue weighted by Crippen LogP contribution is -2.56. The fraction of sp³-hybridized carbons (Fsp3) is 0.455. The molecule has 1 saturated heterocycles. The van der Waals surface area contributed by atoms with Crippen LogP contribution in [0.2, 0.25) is 5.02 Å². The predicted molar refractivity (Wildman–Crippen MR) is 169 cm³/mol. The fourth-order valence-electron chi connectivity index (χ4n) is 4.46. The highest BCUT2D eigenvalue weighted by Crippen LogP contribution is 2.31. The van der Waals surface area contributed by atoms with Gasteiger partial charge in [0.2, 0.25) is 0 Å². The monoisotopic (exact) mass is 584 g/mol. The third kappa shape index (κ3) is 9.56. The van der Waals surface area contributed by atoms with Crippen LogP contribution < -0.4 is 14.4 Å². The van der Waals surface area contributed by atoms with Crippen LogP contribution in [0.1, 0.15) is 57.7 Å². The SMILES string of the molecule is C=CCOc1ccc(/C=C/C(=O)CC2CN(c3ccc(Cl)c(OC)c3)CCN2C(=O)OC(C)(C)C)c(C)c1C.CC. The van der Waals surface area contributed by atoms with Crippen molar-refractivity contribution >= 4 is 35.2 Å². The number of halogens is 1. The molecule has 1 atom stereocenters. The summed E-state index contributed by atoms with van der Waals surface area (Å²) in [7, 11) is 1.57. The molecule has 1 fully saturated rings. The Kier molecular flexibility index (Phi) is 12.8. The lowest BCUT2D eigenvalue weighted by atomic mass is 10.0. The number of carbonyl (C=O) groups is 2. The average molecular weight is 585 g/mol. The summed E-state index contributed by atoms with van der Waals surface area (Å²) in [5.41, 5.74) is 3.27. The van der Waals surface area contributed by atoms with Crippen LogP contribution in [0.4, 0.5) is 10.5 Å². The van der Waals surface area contributed by atoms with Crippen molar-refractivity contribution in [3.63, 3.8) is 0 Å². The van der Waals surface area contributed by atoms with Crippen molar-refractivity contribution in [1.29, 1.82) is 0 Å². The Morgan fingerprint density at radius 2 is 1.78 bits per heavy atom. The molecular formula is C33H45ClN2O5. The van der Waals surface area contributed by atoms with E-state index in [1.54, 1.807) is 30.2 Å². The van der Waals surface area contributed by atoms with Crippen LogP contribution in [-0.4, -0.2) is 61.8 Å². The van der Waals surface area contributed by atoms with E-state index >= 15 is 0 Å². The van der Waals surface area contributed by atoms with Gasteiger partial charge in [-0.3, -0.25) is 4.79 Å². The summed E-state index contributed by atoms with van der Waals surface area (Å²) in [6.07, 6.45) is 4.86. The Morgan fingerprint density at radius 3 is 2.41 bits per heavy atom. The first-order valence-corrected chi connectivity index (χ1v) is 14.4. The molecule has 7 nitrogen and oxygen atoms in total. The molecule has 2 aromatic rings. The van der Waals surface area contributed by atoms with Gasteiger partial charge >= 0.3 is 6.09 Å². The number of amides is 1. The quantitative estimate of drug-likeness (QED) is 0.223. The molecule has 0 N–H and O–H groups in total. The van der Waals surface area contributed by atoms with Crippen molar-refractivity contribution < 1.29 is 23.8 Å². The number of nitrogens with zero attached hydrogens (tertiary/aromatic N) is 2. The zero-order valence-electron chi connectivity index (χ0n) is 25.8. The molecule has 1 amide bonds. The van der Waals surface area contributed by atoms with E-state index in [9.17, 15) is 9.59 Å². The van der Waals surface area contributed by atoms with Crippen LogP contribution in [0.3, 0.4) is 0 Å². The maximum absolute atomic E-state index is 13.2. The number of hydrogen-bond donors (Lipinski definition) is 0. The van der Waals surface area contributed by atoms with Gasteiger partial charge in [0.15, 0.2) is 5.78 Å². The standard InChI is InChI=1S/C31H39ClN2O5.C2H6/c1-8-17-38-28-14-10-23(21(2)22(28)3)9-12-26(35)18-25-20-33(24-11-13-27(32)29(19-24)37-7)15-16-34(25)30(36)39-31(4,5)6;1-2/h8-14,19,25H,1,15-18,20H2,2-7H3;1-2H3/b12-9+;. The highest BCUT2D eigenvalue weighted by molar-refractivity contribution is 6.32. The van der Waals surface area contributed by atoms with E-state index in [1.165, 1.54) is 0 Å². The average Bonchev–Trinajstić information content (AvgIpc) is 2.93. The Balaban J connectivity index is 0.00000287. The van der Waals surface area contributed by atoms with Crippen LogP contribution in [0.15, 0.2) is 49.1 Å². The molecule has 0 radical (unpaired) electrons. The molecule has 0 spiro atoms. The van der Waals surface area contributed by atoms with Gasteiger partial charge in [-0.2, -0.15) is 0 Å². The van der Waals surface area contributed by atoms with E-state index in [1.807, 2.05) is 78.8 Å². The van der Waals surface area contributed by atoms with Crippen LogP contribution in [0.25, 0.3) is 6.08 Å². The van der Waals surface area contributed by atoms with Crippen LogP contribution in [0, 0.1) is 13.8 Å². The third-order valence-corrected chi connectivity index (χ3v) is 6.94. The largest absolute Gasteiger partial charge is 0.495 e. The molecule has 3 rings (SSSR count). The van der Waals surface area contributed by atoms with E-state index < -0.39 is 11.7 Å². The number of ketones is 1. The van der Waals surface area contributed by atoms with Crippen LogP contribution in [-0.2, 0) is 9.53 Å². The van der Waals surface area contributed by atoms with Crippen molar-refractivity contribution in [2.24, 2.45) is 0 Å². The summed E-state index contributed by atoms with van der Waals surface area (Å²) >= 11 is 6.22. The number of carbonyl (C=O) groups excluding carboxylic acids is 2. The molecule has 1 heterocycles. The predicted octanol–water partition coefficient (Wildman–Crippen LogP) is 7.65.